The van der Waals surface area contributed by atoms with Crippen LogP contribution in [0, 0.1) is 10.1 Å². The molecule has 7 nitrogen and oxygen atoms in total. The molecule has 0 saturated heterocycles. The van der Waals surface area contributed by atoms with E-state index in [1.54, 1.807) is 38.3 Å². The van der Waals surface area contributed by atoms with Crippen molar-refractivity contribution in [1.29, 1.82) is 0 Å². The second kappa shape index (κ2) is 5.20. The van der Waals surface area contributed by atoms with Gasteiger partial charge in [-0.3, -0.25) is 19.5 Å². The van der Waals surface area contributed by atoms with Crippen LogP contribution in [0.25, 0.3) is 5.70 Å². The van der Waals surface area contributed by atoms with Gasteiger partial charge in [0.2, 0.25) is 5.88 Å². The quantitative estimate of drug-likeness (QED) is 0.623. The van der Waals surface area contributed by atoms with Crippen molar-refractivity contribution in [3.8, 4) is 5.88 Å². The Bertz CT molecular complexity index is 902. The molecular formula is C15H12ClN3O4. The number of halogens is 1. The lowest BCUT2D eigenvalue weighted by molar-refractivity contribution is -0.386. The lowest BCUT2D eigenvalue weighted by atomic mass is 10.0. The molecule has 0 fully saturated rings. The minimum Gasteiger partial charge on any atom is -0.467 e. The molecular weight excluding hydrogens is 322 g/mol. The van der Waals surface area contributed by atoms with E-state index in [0.29, 0.717) is 17.1 Å². The van der Waals surface area contributed by atoms with E-state index in [-0.39, 0.29) is 5.02 Å². The summed E-state index contributed by atoms with van der Waals surface area (Å²) in [4.78, 5) is 26.9. The van der Waals surface area contributed by atoms with Crippen LogP contribution in [0.5, 0.6) is 5.88 Å². The van der Waals surface area contributed by atoms with E-state index in [9.17, 15) is 14.9 Å². The molecule has 0 spiro atoms. The van der Waals surface area contributed by atoms with E-state index in [1.165, 1.54) is 6.20 Å². The fourth-order valence-electron chi connectivity index (χ4n) is 2.40. The van der Waals surface area contributed by atoms with Crippen molar-refractivity contribution in [3.63, 3.8) is 0 Å². The Balaban J connectivity index is 2.31. The van der Waals surface area contributed by atoms with Gasteiger partial charge in [0, 0.05) is 18.5 Å². The van der Waals surface area contributed by atoms with Gasteiger partial charge >= 0.3 is 11.2 Å². The monoisotopic (exact) mass is 333 g/mol. The standard InChI is InChI=1S/C15H12ClN3O4/c1-15(2)7-12(10-4-3-5-17-13(10)23-15)18-8-9(16)6-11(14(18)20)19(21)22/h3-8H,1-2H3. The van der Waals surface area contributed by atoms with Crippen molar-refractivity contribution in [2.24, 2.45) is 0 Å². The van der Waals surface area contributed by atoms with Crippen molar-refractivity contribution in [2.75, 3.05) is 0 Å². The largest absolute Gasteiger partial charge is 0.467 e. The van der Waals surface area contributed by atoms with E-state index in [1.807, 2.05) is 0 Å². The van der Waals surface area contributed by atoms with Gasteiger partial charge in [0.05, 0.1) is 21.2 Å². The molecule has 0 bridgehead atoms. The summed E-state index contributed by atoms with van der Waals surface area (Å²) in [5, 5.41) is 11.1. The molecule has 2 aromatic rings. The average Bonchev–Trinajstić information content (AvgIpc) is 2.47. The number of nitrogens with zero attached hydrogens (tertiary/aromatic N) is 3. The fraction of sp³-hybridized carbons (Fsp3) is 0.200. The van der Waals surface area contributed by atoms with Crippen molar-refractivity contribution in [1.82, 2.24) is 9.55 Å². The first-order valence-corrected chi connectivity index (χ1v) is 7.10. The molecule has 0 N–H and O–H groups in total. The van der Waals surface area contributed by atoms with E-state index in [0.717, 1.165) is 10.6 Å². The summed E-state index contributed by atoms with van der Waals surface area (Å²) < 4.78 is 6.91. The predicted octanol–water partition coefficient (Wildman–Crippen LogP) is 2.87. The molecule has 0 unspecified atom stereocenters. The third-order valence-electron chi connectivity index (χ3n) is 3.31. The van der Waals surface area contributed by atoms with Gasteiger partial charge in [0.15, 0.2) is 0 Å². The molecule has 3 rings (SSSR count). The number of nitro groups is 1. The Labute approximate surface area is 135 Å². The summed E-state index contributed by atoms with van der Waals surface area (Å²) >= 11 is 5.95. The Kier molecular flexibility index (Phi) is 3.45. The van der Waals surface area contributed by atoms with Gasteiger partial charge in [-0.15, -0.1) is 0 Å². The number of ether oxygens (including phenoxy) is 1. The van der Waals surface area contributed by atoms with Gasteiger partial charge in [0.1, 0.15) is 5.60 Å². The number of pyridine rings is 2. The first-order valence-electron chi connectivity index (χ1n) is 6.73. The van der Waals surface area contributed by atoms with Crippen LogP contribution in [-0.2, 0) is 0 Å². The van der Waals surface area contributed by atoms with Crippen molar-refractivity contribution in [2.45, 2.75) is 19.4 Å². The highest BCUT2D eigenvalue weighted by atomic mass is 35.5. The van der Waals surface area contributed by atoms with Gasteiger partial charge in [-0.1, -0.05) is 11.6 Å². The van der Waals surface area contributed by atoms with Crippen LogP contribution in [0.15, 0.2) is 41.5 Å². The molecule has 8 heteroatoms. The summed E-state index contributed by atoms with van der Waals surface area (Å²) in [5.41, 5.74) is -1.08. The van der Waals surface area contributed by atoms with Crippen molar-refractivity contribution in [3.05, 3.63) is 67.7 Å². The van der Waals surface area contributed by atoms with E-state index < -0.39 is 21.8 Å². The lowest BCUT2D eigenvalue weighted by Gasteiger charge is -2.30. The molecule has 2 aromatic heterocycles. The molecule has 118 valence electrons. The van der Waals surface area contributed by atoms with E-state index in [2.05, 4.69) is 4.98 Å². The lowest BCUT2D eigenvalue weighted by Crippen LogP contribution is -2.33. The molecule has 3 heterocycles. The van der Waals surface area contributed by atoms with Crippen LogP contribution in [0.4, 0.5) is 5.69 Å². The minimum atomic E-state index is -0.766. The molecule has 23 heavy (non-hydrogen) atoms. The molecule has 0 saturated carbocycles. The maximum Gasteiger partial charge on any atom is 0.335 e. The minimum absolute atomic E-state index is 0.0898. The first-order chi connectivity index (χ1) is 10.8. The highest BCUT2D eigenvalue weighted by molar-refractivity contribution is 6.30. The maximum absolute atomic E-state index is 12.4. The summed E-state index contributed by atoms with van der Waals surface area (Å²) in [5.74, 6) is 0.351. The summed E-state index contributed by atoms with van der Waals surface area (Å²) in [7, 11) is 0. The average molecular weight is 334 g/mol. The normalized spacial score (nSPS) is 15.3. The predicted molar refractivity (Wildman–Crippen MR) is 84.7 cm³/mol. The molecule has 1 aliphatic rings. The first kappa shape index (κ1) is 15.2. The Morgan fingerprint density at radius 2 is 2.17 bits per heavy atom. The highest BCUT2D eigenvalue weighted by Crippen LogP contribution is 2.35. The third-order valence-corrected chi connectivity index (χ3v) is 3.52. The van der Waals surface area contributed by atoms with Gasteiger partial charge in [-0.2, -0.15) is 0 Å². The Hall–Kier alpha value is -2.67. The molecule has 1 aliphatic heterocycles. The topological polar surface area (TPSA) is 87.3 Å². The molecule has 0 aromatic carbocycles. The zero-order chi connectivity index (χ0) is 16.8. The van der Waals surface area contributed by atoms with Crippen LogP contribution in [0.2, 0.25) is 5.02 Å². The number of rotatable bonds is 2. The number of fused-ring (bicyclic) bond motifs is 1. The number of hydrogen-bond donors (Lipinski definition) is 0. The van der Waals surface area contributed by atoms with Crippen LogP contribution in [0.1, 0.15) is 19.4 Å². The second-order valence-corrected chi connectivity index (χ2v) is 6.00. The van der Waals surface area contributed by atoms with Crippen molar-refractivity contribution >= 4 is 23.0 Å². The smallest absolute Gasteiger partial charge is 0.335 e. The number of aromatic nitrogens is 2. The summed E-state index contributed by atoms with van der Waals surface area (Å²) in [6.07, 6.45) is 4.63. The van der Waals surface area contributed by atoms with Crippen LogP contribution in [0.3, 0.4) is 0 Å². The highest BCUT2D eigenvalue weighted by Gasteiger charge is 2.30. The zero-order valence-corrected chi connectivity index (χ0v) is 13.1. The zero-order valence-electron chi connectivity index (χ0n) is 12.3. The van der Waals surface area contributed by atoms with Crippen LogP contribution < -0.4 is 10.3 Å². The molecule has 0 atom stereocenters. The van der Waals surface area contributed by atoms with Crippen LogP contribution >= 0.6 is 11.6 Å². The second-order valence-electron chi connectivity index (χ2n) is 5.57. The Morgan fingerprint density at radius 1 is 1.43 bits per heavy atom. The maximum atomic E-state index is 12.4. The van der Waals surface area contributed by atoms with Crippen molar-refractivity contribution < 1.29 is 9.66 Å². The van der Waals surface area contributed by atoms with Crippen LogP contribution in [-0.4, -0.2) is 20.1 Å². The van der Waals surface area contributed by atoms with Gasteiger partial charge in [-0.25, -0.2) is 4.98 Å². The van der Waals surface area contributed by atoms with Gasteiger partial charge in [0.25, 0.3) is 0 Å². The molecule has 0 amide bonds. The van der Waals surface area contributed by atoms with Gasteiger partial charge in [-0.05, 0) is 32.1 Å². The Morgan fingerprint density at radius 3 is 2.87 bits per heavy atom. The van der Waals surface area contributed by atoms with Gasteiger partial charge < -0.3 is 4.74 Å². The van der Waals surface area contributed by atoms with E-state index in [4.69, 9.17) is 16.3 Å². The molecule has 0 radical (unpaired) electrons. The fourth-order valence-corrected chi connectivity index (χ4v) is 2.60. The molecule has 0 aliphatic carbocycles. The third kappa shape index (κ3) is 2.70. The number of hydrogen-bond acceptors (Lipinski definition) is 5. The summed E-state index contributed by atoms with van der Waals surface area (Å²) in [6.45, 7) is 3.60. The van der Waals surface area contributed by atoms with E-state index >= 15 is 0 Å². The summed E-state index contributed by atoms with van der Waals surface area (Å²) in [6, 6.07) is 4.45. The SMILES string of the molecule is CC1(C)C=C(n2cc(Cl)cc([N+](=O)[O-])c2=O)c2cccnc2O1.